The topological polar surface area (TPSA) is 52.6 Å². The molecule has 19 heavy (non-hydrogen) atoms. The molecular formula is C15H24N2O2. The molecule has 2 N–H and O–H groups in total. The van der Waals surface area contributed by atoms with Crippen molar-refractivity contribution in [2.24, 2.45) is 0 Å². The van der Waals surface area contributed by atoms with Crippen LogP contribution < -0.4 is 5.32 Å². The van der Waals surface area contributed by atoms with Gasteiger partial charge in [-0.2, -0.15) is 0 Å². The Balaban J connectivity index is 2.80. The van der Waals surface area contributed by atoms with E-state index < -0.39 is 6.10 Å². The van der Waals surface area contributed by atoms with E-state index in [1.807, 2.05) is 32.0 Å². The summed E-state index contributed by atoms with van der Waals surface area (Å²) >= 11 is 0. The van der Waals surface area contributed by atoms with Crippen molar-refractivity contribution in [3.63, 3.8) is 0 Å². The first-order valence-electron chi connectivity index (χ1n) is 6.60. The number of anilines is 1. The quantitative estimate of drug-likeness (QED) is 0.875. The maximum atomic E-state index is 12.2. The minimum atomic E-state index is -0.540. The number of carbonyl (C=O) groups is 1. The maximum absolute atomic E-state index is 12.2. The molecule has 106 valence electrons. The molecule has 0 heterocycles. The maximum Gasteiger partial charge on any atom is 0.322 e. The Morgan fingerprint density at radius 3 is 2.63 bits per heavy atom. The van der Waals surface area contributed by atoms with Crippen LogP contribution in [0.15, 0.2) is 24.3 Å². The summed E-state index contributed by atoms with van der Waals surface area (Å²) in [5.74, 6) is 0. The molecule has 0 bridgehead atoms. The van der Waals surface area contributed by atoms with E-state index in [0.717, 1.165) is 12.0 Å². The Morgan fingerprint density at radius 2 is 2.11 bits per heavy atom. The van der Waals surface area contributed by atoms with Crippen molar-refractivity contribution < 1.29 is 9.90 Å². The zero-order chi connectivity index (χ0) is 14.6. The predicted octanol–water partition coefficient (Wildman–Crippen LogP) is 3.39. The van der Waals surface area contributed by atoms with E-state index in [0.29, 0.717) is 5.69 Å². The average Bonchev–Trinajstić information content (AvgIpc) is 2.38. The Bertz CT molecular complexity index is 442. The summed E-state index contributed by atoms with van der Waals surface area (Å²) in [5.41, 5.74) is 1.30. The van der Waals surface area contributed by atoms with Crippen LogP contribution in [0.5, 0.6) is 0 Å². The molecule has 4 heteroatoms. The lowest BCUT2D eigenvalue weighted by molar-refractivity contribution is 0.165. The molecule has 0 spiro atoms. The van der Waals surface area contributed by atoms with Gasteiger partial charge in [0.2, 0.25) is 0 Å². The number of benzene rings is 1. The second kappa shape index (κ2) is 6.06. The summed E-state index contributed by atoms with van der Waals surface area (Å²) < 4.78 is 0. The lowest BCUT2D eigenvalue weighted by atomic mass is 10.0. The number of hydrogen-bond donors (Lipinski definition) is 2. The van der Waals surface area contributed by atoms with E-state index in [9.17, 15) is 9.90 Å². The highest BCUT2D eigenvalue weighted by molar-refractivity contribution is 5.89. The molecule has 0 saturated carbocycles. The predicted molar refractivity (Wildman–Crippen MR) is 78.2 cm³/mol. The number of rotatable bonds is 4. The number of urea groups is 1. The molecule has 1 aromatic carbocycles. The number of hydrogen-bond acceptors (Lipinski definition) is 2. The van der Waals surface area contributed by atoms with Gasteiger partial charge in [-0.05, 0) is 44.9 Å². The Morgan fingerprint density at radius 1 is 1.47 bits per heavy atom. The lowest BCUT2D eigenvalue weighted by Gasteiger charge is -2.34. The number of aliphatic hydroxyl groups excluding tert-OH is 1. The summed E-state index contributed by atoms with van der Waals surface area (Å²) in [6.07, 6.45) is 0.339. The zero-order valence-corrected chi connectivity index (χ0v) is 12.4. The first-order valence-corrected chi connectivity index (χ1v) is 6.60. The smallest absolute Gasteiger partial charge is 0.322 e. The fourth-order valence-electron chi connectivity index (χ4n) is 1.60. The van der Waals surface area contributed by atoms with E-state index in [1.165, 1.54) is 0 Å². The Hall–Kier alpha value is -1.55. The van der Waals surface area contributed by atoms with E-state index in [2.05, 4.69) is 12.2 Å². The summed E-state index contributed by atoms with van der Waals surface area (Å²) in [6, 6.07) is 7.11. The molecule has 0 aliphatic carbocycles. The van der Waals surface area contributed by atoms with Crippen LogP contribution in [0.3, 0.4) is 0 Å². The number of nitrogens with one attached hydrogen (secondary N) is 1. The third-order valence-electron chi connectivity index (χ3n) is 3.70. The van der Waals surface area contributed by atoms with Crippen molar-refractivity contribution in [1.29, 1.82) is 0 Å². The van der Waals surface area contributed by atoms with Crippen LogP contribution >= 0.6 is 0 Å². The molecule has 1 rings (SSSR count). The highest BCUT2D eigenvalue weighted by Crippen LogP contribution is 2.20. The van der Waals surface area contributed by atoms with Gasteiger partial charge in [-0.15, -0.1) is 0 Å². The SMILES string of the molecule is CCC(C)(C)N(C)C(=O)Nc1cccc(C(C)O)c1. The van der Waals surface area contributed by atoms with Crippen LogP contribution in [-0.2, 0) is 0 Å². The molecular weight excluding hydrogens is 240 g/mol. The van der Waals surface area contributed by atoms with Crippen LogP contribution in [0.4, 0.5) is 10.5 Å². The molecule has 0 aliphatic heterocycles. The molecule has 1 unspecified atom stereocenters. The van der Waals surface area contributed by atoms with Crippen molar-refractivity contribution in [1.82, 2.24) is 4.90 Å². The largest absolute Gasteiger partial charge is 0.389 e. The molecule has 0 aliphatic rings. The summed E-state index contributed by atoms with van der Waals surface area (Å²) in [7, 11) is 1.79. The standard InChI is InChI=1S/C15H24N2O2/c1-6-15(3,4)17(5)14(19)16-13-9-7-8-12(10-13)11(2)18/h7-11,18H,6H2,1-5H3,(H,16,19). The van der Waals surface area contributed by atoms with Gasteiger partial charge >= 0.3 is 6.03 Å². The molecule has 2 amide bonds. The van der Waals surface area contributed by atoms with E-state index in [-0.39, 0.29) is 11.6 Å². The third kappa shape index (κ3) is 3.96. The van der Waals surface area contributed by atoms with Gasteiger partial charge in [-0.25, -0.2) is 4.79 Å². The molecule has 1 atom stereocenters. The average molecular weight is 264 g/mol. The van der Waals surface area contributed by atoms with Gasteiger partial charge < -0.3 is 15.3 Å². The molecule has 0 saturated heterocycles. The zero-order valence-electron chi connectivity index (χ0n) is 12.4. The minimum absolute atomic E-state index is 0.144. The highest BCUT2D eigenvalue weighted by Gasteiger charge is 2.25. The fraction of sp³-hybridized carbons (Fsp3) is 0.533. The van der Waals surface area contributed by atoms with E-state index in [1.54, 1.807) is 24.9 Å². The number of amides is 2. The van der Waals surface area contributed by atoms with Crippen molar-refractivity contribution in [2.45, 2.75) is 45.8 Å². The summed E-state index contributed by atoms with van der Waals surface area (Å²) in [6.45, 7) is 7.81. The van der Waals surface area contributed by atoms with Crippen molar-refractivity contribution >= 4 is 11.7 Å². The van der Waals surface area contributed by atoms with Gasteiger partial charge in [-0.3, -0.25) is 0 Å². The monoisotopic (exact) mass is 264 g/mol. The van der Waals surface area contributed by atoms with Crippen molar-refractivity contribution in [3.05, 3.63) is 29.8 Å². The number of aliphatic hydroxyl groups is 1. The van der Waals surface area contributed by atoms with Gasteiger partial charge in [0.15, 0.2) is 0 Å². The van der Waals surface area contributed by atoms with Gasteiger partial charge in [-0.1, -0.05) is 19.1 Å². The molecule has 4 nitrogen and oxygen atoms in total. The molecule has 0 fully saturated rings. The Labute approximate surface area is 115 Å². The van der Waals surface area contributed by atoms with Gasteiger partial charge in [0.25, 0.3) is 0 Å². The summed E-state index contributed by atoms with van der Waals surface area (Å²) in [4.78, 5) is 13.8. The molecule has 1 aromatic rings. The summed E-state index contributed by atoms with van der Waals surface area (Å²) in [5, 5.41) is 12.4. The van der Waals surface area contributed by atoms with Crippen LogP contribution in [-0.4, -0.2) is 28.6 Å². The first-order chi connectivity index (χ1) is 8.77. The molecule has 0 radical (unpaired) electrons. The second-order valence-electron chi connectivity index (χ2n) is 5.46. The second-order valence-corrected chi connectivity index (χ2v) is 5.46. The highest BCUT2D eigenvalue weighted by atomic mass is 16.3. The normalized spacial score (nSPS) is 12.9. The Kier molecular flexibility index (Phi) is 4.95. The fourth-order valence-corrected chi connectivity index (χ4v) is 1.60. The first kappa shape index (κ1) is 15.5. The van der Waals surface area contributed by atoms with E-state index >= 15 is 0 Å². The number of nitrogens with zero attached hydrogens (tertiary/aromatic N) is 1. The van der Waals surface area contributed by atoms with Crippen molar-refractivity contribution in [3.8, 4) is 0 Å². The van der Waals surface area contributed by atoms with Gasteiger partial charge in [0.05, 0.1) is 6.10 Å². The molecule has 0 aromatic heterocycles. The van der Waals surface area contributed by atoms with Crippen LogP contribution in [0.25, 0.3) is 0 Å². The van der Waals surface area contributed by atoms with Gasteiger partial charge in [0, 0.05) is 18.3 Å². The number of carbonyl (C=O) groups excluding carboxylic acids is 1. The minimum Gasteiger partial charge on any atom is -0.389 e. The van der Waals surface area contributed by atoms with Crippen LogP contribution in [0.2, 0.25) is 0 Å². The van der Waals surface area contributed by atoms with Crippen molar-refractivity contribution in [2.75, 3.05) is 12.4 Å². The third-order valence-corrected chi connectivity index (χ3v) is 3.70. The van der Waals surface area contributed by atoms with E-state index in [4.69, 9.17) is 0 Å². The lowest BCUT2D eigenvalue weighted by Crippen LogP contribution is -2.46. The van der Waals surface area contributed by atoms with Gasteiger partial charge in [0.1, 0.15) is 0 Å². The van der Waals surface area contributed by atoms with Crippen LogP contribution in [0, 0.1) is 0 Å². The van der Waals surface area contributed by atoms with Crippen LogP contribution in [0.1, 0.15) is 45.8 Å².